The van der Waals surface area contributed by atoms with E-state index in [1.807, 2.05) is 0 Å². The molecule has 0 atom stereocenters. The Labute approximate surface area is 193 Å². The van der Waals surface area contributed by atoms with Crippen LogP contribution in [-0.2, 0) is 0 Å². The van der Waals surface area contributed by atoms with Crippen molar-refractivity contribution < 1.29 is 8.97 Å². The Morgan fingerprint density at radius 3 is 0.767 bits per heavy atom. The molecule has 0 unspecified atom stereocenters. The SMILES string of the molecule is CCCCCCCCCCCC[N+](C)(C)CCCCCC[N+](C)(C)CCCCCC. The van der Waals surface area contributed by atoms with Gasteiger partial charge in [0.15, 0.2) is 0 Å². The van der Waals surface area contributed by atoms with Crippen molar-refractivity contribution in [3.8, 4) is 0 Å². The maximum Gasteiger partial charge on any atom is 0.0782 e. The third kappa shape index (κ3) is 21.2. The molecule has 0 aromatic heterocycles. The van der Waals surface area contributed by atoms with Crippen LogP contribution >= 0.6 is 0 Å². The molecule has 2 heteroatoms. The third-order valence-electron chi connectivity index (χ3n) is 7.01. The molecule has 0 heterocycles. The first-order chi connectivity index (χ1) is 14.3. The van der Waals surface area contributed by atoms with Gasteiger partial charge in [-0.1, -0.05) is 78.1 Å². The number of hydrogen-bond donors (Lipinski definition) is 0. The van der Waals surface area contributed by atoms with E-state index in [9.17, 15) is 0 Å². The number of rotatable bonds is 23. The second kappa shape index (κ2) is 19.6. The van der Waals surface area contributed by atoms with Crippen LogP contribution in [0, 0.1) is 0 Å². The van der Waals surface area contributed by atoms with Crippen molar-refractivity contribution in [1.29, 1.82) is 0 Å². The van der Waals surface area contributed by atoms with E-state index in [0.29, 0.717) is 0 Å². The van der Waals surface area contributed by atoms with Gasteiger partial charge in [0.1, 0.15) is 0 Å². The van der Waals surface area contributed by atoms with Crippen LogP contribution in [-0.4, -0.2) is 63.3 Å². The number of nitrogens with zero attached hydrogens (tertiary/aromatic N) is 2. The summed E-state index contributed by atoms with van der Waals surface area (Å²) in [5.41, 5.74) is 0. The standard InChI is InChI=1S/C28H62N2/c1-7-9-11-13-14-15-16-17-18-22-26-30(5,6)28-24-20-19-23-27-29(3,4)25-21-12-10-8-2/h7-28H2,1-6H3/q+2. The molecule has 0 aliphatic carbocycles. The van der Waals surface area contributed by atoms with Crippen molar-refractivity contribution in [2.45, 2.75) is 129 Å². The molecule has 0 aliphatic rings. The van der Waals surface area contributed by atoms with Gasteiger partial charge in [-0.25, -0.2) is 0 Å². The first-order valence-electron chi connectivity index (χ1n) is 14.0. The lowest BCUT2D eigenvalue weighted by molar-refractivity contribution is -0.891. The molecule has 0 spiro atoms. The molecular weight excluding hydrogens is 364 g/mol. The predicted molar refractivity (Wildman–Crippen MR) is 138 cm³/mol. The lowest BCUT2D eigenvalue weighted by Gasteiger charge is -2.31. The zero-order valence-electron chi connectivity index (χ0n) is 22.5. The van der Waals surface area contributed by atoms with Gasteiger partial charge in [0.05, 0.1) is 54.4 Å². The van der Waals surface area contributed by atoms with E-state index in [1.54, 1.807) is 0 Å². The Morgan fingerprint density at radius 1 is 0.300 bits per heavy atom. The van der Waals surface area contributed by atoms with E-state index < -0.39 is 0 Å². The Bertz CT molecular complexity index is 349. The Balaban J connectivity index is 3.53. The van der Waals surface area contributed by atoms with E-state index in [2.05, 4.69) is 42.0 Å². The predicted octanol–water partition coefficient (Wildman–Crippen LogP) is 8.20. The van der Waals surface area contributed by atoms with E-state index in [-0.39, 0.29) is 0 Å². The van der Waals surface area contributed by atoms with Crippen molar-refractivity contribution >= 4 is 0 Å². The van der Waals surface area contributed by atoms with Crippen molar-refractivity contribution in [2.24, 2.45) is 0 Å². The minimum absolute atomic E-state index is 1.23. The summed E-state index contributed by atoms with van der Waals surface area (Å²) >= 11 is 0. The van der Waals surface area contributed by atoms with Gasteiger partial charge < -0.3 is 8.97 Å². The maximum atomic E-state index is 2.45. The second-order valence-electron chi connectivity index (χ2n) is 11.4. The Hall–Kier alpha value is -0.0800. The maximum absolute atomic E-state index is 2.45. The normalized spacial score (nSPS) is 12.6. The highest BCUT2D eigenvalue weighted by atomic mass is 15.3. The quantitative estimate of drug-likeness (QED) is 0.114. The van der Waals surface area contributed by atoms with Gasteiger partial charge in [0.2, 0.25) is 0 Å². The summed E-state index contributed by atoms with van der Waals surface area (Å²) in [4.78, 5) is 0. The van der Waals surface area contributed by atoms with Gasteiger partial charge in [-0.05, 0) is 51.4 Å². The van der Waals surface area contributed by atoms with Crippen LogP contribution in [0.4, 0.5) is 0 Å². The number of unbranched alkanes of at least 4 members (excludes halogenated alkanes) is 15. The van der Waals surface area contributed by atoms with Gasteiger partial charge in [-0.2, -0.15) is 0 Å². The highest BCUT2D eigenvalue weighted by Crippen LogP contribution is 2.13. The summed E-state index contributed by atoms with van der Waals surface area (Å²) in [6.07, 6.45) is 25.7. The second-order valence-corrected chi connectivity index (χ2v) is 11.4. The van der Waals surface area contributed by atoms with Crippen LogP contribution in [0.15, 0.2) is 0 Å². The van der Waals surface area contributed by atoms with Crippen LogP contribution in [0.1, 0.15) is 129 Å². The van der Waals surface area contributed by atoms with Gasteiger partial charge in [0, 0.05) is 0 Å². The average molecular weight is 427 g/mol. The fourth-order valence-electron chi connectivity index (χ4n) is 4.65. The van der Waals surface area contributed by atoms with E-state index in [0.717, 1.165) is 0 Å². The highest BCUT2D eigenvalue weighted by Gasteiger charge is 2.15. The smallest absolute Gasteiger partial charge is 0.0782 e. The monoisotopic (exact) mass is 426 g/mol. The summed E-state index contributed by atoms with van der Waals surface area (Å²) in [5, 5.41) is 0. The minimum atomic E-state index is 1.23. The first-order valence-corrected chi connectivity index (χ1v) is 14.0. The molecule has 0 saturated carbocycles. The van der Waals surface area contributed by atoms with Gasteiger partial charge in [0.25, 0.3) is 0 Å². The molecule has 0 bridgehead atoms. The highest BCUT2D eigenvalue weighted by molar-refractivity contribution is 4.49. The fourth-order valence-corrected chi connectivity index (χ4v) is 4.65. The molecule has 2 nitrogen and oxygen atoms in total. The van der Waals surface area contributed by atoms with Crippen molar-refractivity contribution in [3.63, 3.8) is 0 Å². The minimum Gasteiger partial charge on any atom is -0.328 e. The summed E-state index contributed by atoms with van der Waals surface area (Å²) in [7, 11) is 9.75. The topological polar surface area (TPSA) is 0 Å². The van der Waals surface area contributed by atoms with E-state index in [4.69, 9.17) is 0 Å². The zero-order chi connectivity index (χ0) is 22.6. The summed E-state index contributed by atoms with van der Waals surface area (Å²) in [6.45, 7) is 10.1. The molecule has 0 aromatic rings. The molecule has 0 fully saturated rings. The zero-order valence-corrected chi connectivity index (χ0v) is 22.5. The molecule has 0 amide bonds. The Kier molecular flexibility index (Phi) is 19.5. The van der Waals surface area contributed by atoms with Crippen LogP contribution in [0.5, 0.6) is 0 Å². The number of quaternary nitrogens is 2. The van der Waals surface area contributed by atoms with Crippen LogP contribution < -0.4 is 0 Å². The van der Waals surface area contributed by atoms with Crippen molar-refractivity contribution in [1.82, 2.24) is 0 Å². The van der Waals surface area contributed by atoms with Gasteiger partial charge >= 0.3 is 0 Å². The molecule has 0 N–H and O–H groups in total. The molecular formula is C28H62N2+2. The van der Waals surface area contributed by atoms with E-state index in [1.165, 1.54) is 151 Å². The van der Waals surface area contributed by atoms with Crippen molar-refractivity contribution in [3.05, 3.63) is 0 Å². The average Bonchev–Trinajstić information content (AvgIpc) is 2.69. The van der Waals surface area contributed by atoms with Crippen LogP contribution in [0.2, 0.25) is 0 Å². The molecule has 0 aliphatic heterocycles. The third-order valence-corrected chi connectivity index (χ3v) is 7.01. The lowest BCUT2D eigenvalue weighted by Crippen LogP contribution is -2.41. The fraction of sp³-hybridized carbons (Fsp3) is 1.00. The molecule has 182 valence electrons. The summed E-state index contributed by atoms with van der Waals surface area (Å²) in [5.74, 6) is 0. The first kappa shape index (κ1) is 29.9. The van der Waals surface area contributed by atoms with Gasteiger partial charge in [-0.3, -0.25) is 0 Å². The molecule has 0 radical (unpaired) electrons. The molecule has 30 heavy (non-hydrogen) atoms. The Morgan fingerprint density at radius 2 is 0.500 bits per heavy atom. The van der Waals surface area contributed by atoms with E-state index >= 15 is 0 Å². The molecule has 0 aromatic carbocycles. The summed E-state index contributed by atoms with van der Waals surface area (Å²) in [6, 6.07) is 0. The van der Waals surface area contributed by atoms with Crippen molar-refractivity contribution in [2.75, 3.05) is 54.4 Å². The number of hydrogen-bond acceptors (Lipinski definition) is 0. The van der Waals surface area contributed by atoms with Gasteiger partial charge in [-0.15, -0.1) is 0 Å². The van der Waals surface area contributed by atoms with Crippen LogP contribution in [0.25, 0.3) is 0 Å². The van der Waals surface area contributed by atoms with Crippen LogP contribution in [0.3, 0.4) is 0 Å². The molecule has 0 rings (SSSR count). The largest absolute Gasteiger partial charge is 0.328 e. The summed E-state index contributed by atoms with van der Waals surface area (Å²) < 4.78 is 2.46. The molecule has 0 saturated heterocycles. The lowest BCUT2D eigenvalue weighted by atomic mass is 10.1.